The van der Waals surface area contributed by atoms with Crippen molar-refractivity contribution < 1.29 is 8.42 Å². The fourth-order valence-corrected chi connectivity index (χ4v) is 3.48. The maximum atomic E-state index is 10.8. The lowest BCUT2D eigenvalue weighted by molar-refractivity contribution is 0.603. The molecule has 1 saturated carbocycles. The Kier molecular flexibility index (Phi) is 4.06. The summed E-state index contributed by atoms with van der Waals surface area (Å²) in [6.45, 7) is 0. The van der Waals surface area contributed by atoms with E-state index in [2.05, 4.69) is 0 Å². The minimum atomic E-state index is -2.79. The van der Waals surface area contributed by atoms with Crippen molar-refractivity contribution in [2.75, 3.05) is 23.5 Å². The van der Waals surface area contributed by atoms with Crippen molar-refractivity contribution in [3.63, 3.8) is 0 Å². The van der Waals surface area contributed by atoms with Gasteiger partial charge in [-0.15, -0.1) is 0 Å². The first kappa shape index (κ1) is 11.3. The van der Waals surface area contributed by atoms with E-state index in [0.717, 1.165) is 5.75 Å². The second-order valence-corrected chi connectivity index (χ2v) is 7.12. The second-order valence-electron chi connectivity index (χ2n) is 3.71. The highest BCUT2D eigenvalue weighted by Gasteiger charge is 2.27. The van der Waals surface area contributed by atoms with Crippen LogP contribution in [0.2, 0.25) is 0 Å². The number of rotatable bonds is 6. The summed E-state index contributed by atoms with van der Waals surface area (Å²) in [4.78, 5) is 0. The molecule has 1 aliphatic carbocycles. The molecule has 0 bridgehead atoms. The van der Waals surface area contributed by atoms with E-state index in [1.807, 2.05) is 0 Å². The molecule has 0 aromatic rings. The van der Waals surface area contributed by atoms with Crippen LogP contribution in [0, 0.1) is 5.92 Å². The first-order valence-electron chi connectivity index (χ1n) is 4.50. The fourth-order valence-electron chi connectivity index (χ4n) is 1.09. The lowest BCUT2D eigenvalue weighted by Gasteiger charge is -2.08. The monoisotopic (exact) mass is 223 g/mol. The van der Waals surface area contributed by atoms with Crippen LogP contribution in [0.4, 0.5) is 0 Å². The number of sulfone groups is 1. The molecule has 0 heterocycles. The highest BCUT2D eigenvalue weighted by molar-refractivity contribution is 8.00. The third-order valence-electron chi connectivity index (χ3n) is 2.14. The summed E-state index contributed by atoms with van der Waals surface area (Å²) in [5.74, 6) is 2.57. The summed E-state index contributed by atoms with van der Waals surface area (Å²) >= 11 is 1.65. The number of hydrogen-bond donors (Lipinski definition) is 1. The molecule has 0 amide bonds. The molecule has 1 rings (SSSR count). The first-order chi connectivity index (χ1) is 5.99. The number of hydrogen-bond acceptors (Lipinski definition) is 4. The van der Waals surface area contributed by atoms with Crippen molar-refractivity contribution in [3.05, 3.63) is 0 Å². The molecule has 0 radical (unpaired) electrons. The largest absolute Gasteiger partial charge is 0.327 e. The van der Waals surface area contributed by atoms with Gasteiger partial charge < -0.3 is 5.73 Å². The Morgan fingerprint density at radius 1 is 1.54 bits per heavy atom. The second kappa shape index (κ2) is 4.66. The molecule has 0 aromatic heterocycles. The molecule has 3 nitrogen and oxygen atoms in total. The van der Waals surface area contributed by atoms with Gasteiger partial charge in [-0.25, -0.2) is 8.42 Å². The van der Waals surface area contributed by atoms with E-state index in [1.165, 1.54) is 19.1 Å². The molecule has 0 spiro atoms. The Bertz CT molecular complexity index is 247. The van der Waals surface area contributed by atoms with E-state index in [9.17, 15) is 8.42 Å². The van der Waals surface area contributed by atoms with Gasteiger partial charge in [0.15, 0.2) is 0 Å². The van der Waals surface area contributed by atoms with Crippen molar-refractivity contribution in [3.8, 4) is 0 Å². The summed E-state index contributed by atoms with van der Waals surface area (Å²) in [5.41, 5.74) is 5.86. The van der Waals surface area contributed by atoms with Gasteiger partial charge in [0.05, 0.1) is 5.75 Å². The van der Waals surface area contributed by atoms with Crippen LogP contribution in [0.25, 0.3) is 0 Å². The van der Waals surface area contributed by atoms with Crippen LogP contribution in [0.15, 0.2) is 0 Å². The summed E-state index contributed by atoms with van der Waals surface area (Å²) in [5, 5.41) is 0. The van der Waals surface area contributed by atoms with Gasteiger partial charge in [-0.3, -0.25) is 0 Å². The Hall–Kier alpha value is 0.260. The molecule has 2 N–H and O–H groups in total. The van der Waals surface area contributed by atoms with E-state index >= 15 is 0 Å². The van der Waals surface area contributed by atoms with Crippen LogP contribution in [-0.2, 0) is 9.84 Å². The Balaban J connectivity index is 2.00. The standard InChI is InChI=1S/C8H17NO2S2/c1-13(10,11)5-4-12-6-8(9)7-2-3-7/h7-8H,2-6,9H2,1H3. The zero-order valence-corrected chi connectivity index (χ0v) is 9.53. The summed E-state index contributed by atoms with van der Waals surface area (Å²) < 4.78 is 21.6. The Labute approximate surface area is 84.4 Å². The lowest BCUT2D eigenvalue weighted by Crippen LogP contribution is -2.25. The van der Waals surface area contributed by atoms with Gasteiger partial charge in [-0.2, -0.15) is 11.8 Å². The molecular formula is C8H17NO2S2. The predicted molar refractivity (Wildman–Crippen MR) is 57.7 cm³/mol. The summed E-state index contributed by atoms with van der Waals surface area (Å²) in [6.07, 6.45) is 3.79. The van der Waals surface area contributed by atoms with E-state index in [1.54, 1.807) is 11.8 Å². The van der Waals surface area contributed by atoms with Crippen molar-refractivity contribution >= 4 is 21.6 Å². The highest BCUT2D eigenvalue weighted by atomic mass is 32.2. The van der Waals surface area contributed by atoms with Gasteiger partial charge in [-0.1, -0.05) is 0 Å². The Morgan fingerprint density at radius 2 is 2.15 bits per heavy atom. The smallest absolute Gasteiger partial charge is 0.148 e. The third kappa shape index (κ3) is 5.54. The Morgan fingerprint density at radius 3 is 2.62 bits per heavy atom. The van der Waals surface area contributed by atoms with Crippen LogP contribution >= 0.6 is 11.8 Å². The van der Waals surface area contributed by atoms with E-state index in [0.29, 0.717) is 11.7 Å². The number of nitrogens with two attached hydrogens (primary N) is 1. The minimum absolute atomic E-state index is 0.273. The molecule has 0 saturated heterocycles. The zero-order valence-electron chi connectivity index (χ0n) is 7.90. The molecule has 5 heteroatoms. The minimum Gasteiger partial charge on any atom is -0.327 e. The van der Waals surface area contributed by atoms with Crippen molar-refractivity contribution in [2.24, 2.45) is 11.7 Å². The van der Waals surface area contributed by atoms with Crippen LogP contribution in [-0.4, -0.2) is 38.0 Å². The molecule has 0 aromatic carbocycles. The SMILES string of the molecule is CS(=O)(=O)CCSCC(N)C1CC1. The van der Waals surface area contributed by atoms with Gasteiger partial charge in [0.2, 0.25) is 0 Å². The molecule has 78 valence electrons. The summed E-state index contributed by atoms with van der Waals surface area (Å²) in [6, 6.07) is 0.282. The van der Waals surface area contributed by atoms with Crippen molar-refractivity contribution in [1.82, 2.24) is 0 Å². The average molecular weight is 223 g/mol. The fraction of sp³-hybridized carbons (Fsp3) is 1.00. The van der Waals surface area contributed by atoms with E-state index < -0.39 is 9.84 Å². The molecule has 0 aliphatic heterocycles. The molecule has 1 aliphatic rings. The molecule has 13 heavy (non-hydrogen) atoms. The first-order valence-corrected chi connectivity index (χ1v) is 7.71. The molecule has 1 fully saturated rings. The lowest BCUT2D eigenvalue weighted by atomic mass is 10.2. The van der Waals surface area contributed by atoms with Crippen LogP contribution < -0.4 is 5.73 Å². The van der Waals surface area contributed by atoms with Crippen molar-refractivity contribution in [1.29, 1.82) is 0 Å². The van der Waals surface area contributed by atoms with Gasteiger partial charge in [0.1, 0.15) is 9.84 Å². The quantitative estimate of drug-likeness (QED) is 0.666. The molecule has 1 unspecified atom stereocenters. The van der Waals surface area contributed by atoms with E-state index in [4.69, 9.17) is 5.73 Å². The predicted octanol–water partition coefficient (Wildman–Crippen LogP) is 0.501. The average Bonchev–Trinajstić information content (AvgIpc) is 2.77. The van der Waals surface area contributed by atoms with Crippen molar-refractivity contribution in [2.45, 2.75) is 18.9 Å². The normalized spacial score (nSPS) is 20.2. The maximum absolute atomic E-state index is 10.8. The van der Waals surface area contributed by atoms with Gasteiger partial charge in [0.25, 0.3) is 0 Å². The van der Waals surface area contributed by atoms with Crippen LogP contribution in [0.1, 0.15) is 12.8 Å². The zero-order chi connectivity index (χ0) is 9.90. The topological polar surface area (TPSA) is 60.2 Å². The van der Waals surface area contributed by atoms with Gasteiger partial charge in [0, 0.05) is 23.8 Å². The highest BCUT2D eigenvalue weighted by Crippen LogP contribution is 2.32. The third-order valence-corrected chi connectivity index (χ3v) is 4.45. The maximum Gasteiger partial charge on any atom is 0.148 e. The molecule has 1 atom stereocenters. The van der Waals surface area contributed by atoms with Gasteiger partial charge in [-0.05, 0) is 18.8 Å². The van der Waals surface area contributed by atoms with Crippen LogP contribution in [0.3, 0.4) is 0 Å². The molecular weight excluding hydrogens is 206 g/mol. The number of thioether (sulfide) groups is 1. The van der Waals surface area contributed by atoms with Crippen LogP contribution in [0.5, 0.6) is 0 Å². The van der Waals surface area contributed by atoms with E-state index in [-0.39, 0.29) is 11.8 Å². The van der Waals surface area contributed by atoms with Gasteiger partial charge >= 0.3 is 0 Å². The summed E-state index contributed by atoms with van der Waals surface area (Å²) in [7, 11) is -2.79.